The first-order valence-electron chi connectivity index (χ1n) is 6.22. The number of anilines is 2. The maximum absolute atomic E-state index is 5.88. The summed E-state index contributed by atoms with van der Waals surface area (Å²) in [7, 11) is 1.59. The number of pyridine rings is 1. The minimum Gasteiger partial charge on any atom is -0.480 e. The molecule has 0 atom stereocenters. The maximum Gasteiger partial charge on any atom is 0.228 e. The molecule has 0 bridgehead atoms. The molecule has 0 aliphatic heterocycles. The van der Waals surface area contributed by atoms with Gasteiger partial charge in [0.2, 0.25) is 11.8 Å². The molecule has 0 fully saturated rings. The van der Waals surface area contributed by atoms with E-state index in [1.165, 1.54) is 11.8 Å². The lowest BCUT2D eigenvalue weighted by Crippen LogP contribution is -2.02. The fourth-order valence-corrected chi connectivity index (χ4v) is 3.39. The van der Waals surface area contributed by atoms with Crippen molar-refractivity contribution in [3.63, 3.8) is 0 Å². The highest BCUT2D eigenvalue weighted by molar-refractivity contribution is 9.10. The molecule has 0 unspecified atom stereocenters. The third-order valence-electron chi connectivity index (χ3n) is 2.70. The second kappa shape index (κ2) is 6.48. The first kappa shape index (κ1) is 15.8. The van der Waals surface area contributed by atoms with E-state index in [2.05, 4.69) is 44.7 Å². The predicted molar refractivity (Wildman–Crippen MR) is 87.6 cm³/mol. The summed E-state index contributed by atoms with van der Waals surface area (Å²) in [6.45, 7) is 4.14. The normalized spacial score (nSPS) is 10.9. The molecule has 2 aromatic heterocycles. The fraction of sp³-hybridized carbons (Fsp3) is 0.308. The predicted octanol–water partition coefficient (Wildman–Crippen LogP) is 3.08. The highest BCUT2D eigenvalue weighted by Crippen LogP contribution is 2.39. The number of nitrogen functional groups attached to an aromatic ring is 2. The molecule has 112 valence electrons. The van der Waals surface area contributed by atoms with Crippen molar-refractivity contribution in [3.05, 3.63) is 22.4 Å². The Morgan fingerprint density at radius 3 is 2.52 bits per heavy atom. The molecule has 0 radical (unpaired) electrons. The van der Waals surface area contributed by atoms with Crippen LogP contribution in [0.3, 0.4) is 0 Å². The highest BCUT2D eigenvalue weighted by atomic mass is 79.9. The molecule has 0 amide bonds. The number of methoxy groups -OCH3 is 1. The number of rotatable bonds is 4. The summed E-state index contributed by atoms with van der Waals surface area (Å²) in [4.78, 5) is 14.2. The quantitative estimate of drug-likeness (QED) is 0.853. The molecule has 0 spiro atoms. The summed E-state index contributed by atoms with van der Waals surface area (Å²) in [5.74, 6) is 1.32. The molecule has 2 heterocycles. The number of ether oxygens (including phenoxy) is 1. The summed E-state index contributed by atoms with van der Waals surface area (Å²) >= 11 is 4.91. The molecule has 4 N–H and O–H groups in total. The van der Waals surface area contributed by atoms with Gasteiger partial charge in [-0.15, -0.1) is 0 Å². The lowest BCUT2D eigenvalue weighted by molar-refractivity contribution is 0.391. The first-order chi connectivity index (χ1) is 9.92. The number of halogens is 1. The Kier molecular flexibility index (Phi) is 4.89. The van der Waals surface area contributed by atoms with Crippen molar-refractivity contribution in [1.82, 2.24) is 15.0 Å². The third kappa shape index (κ3) is 3.56. The molecule has 0 aromatic carbocycles. The van der Waals surface area contributed by atoms with Gasteiger partial charge in [-0.3, -0.25) is 0 Å². The Labute approximate surface area is 135 Å². The largest absolute Gasteiger partial charge is 0.480 e. The average molecular weight is 370 g/mol. The van der Waals surface area contributed by atoms with Crippen molar-refractivity contribution < 1.29 is 4.74 Å². The number of aromatic nitrogens is 3. The van der Waals surface area contributed by atoms with E-state index in [0.29, 0.717) is 11.7 Å². The number of hydrogen-bond donors (Lipinski definition) is 2. The van der Waals surface area contributed by atoms with Crippen LogP contribution in [0.5, 0.6) is 5.88 Å². The molecule has 0 aliphatic carbocycles. The number of nitrogens with two attached hydrogens (primary N) is 2. The van der Waals surface area contributed by atoms with Gasteiger partial charge in [-0.1, -0.05) is 25.6 Å². The van der Waals surface area contributed by atoms with E-state index in [1.54, 1.807) is 13.3 Å². The van der Waals surface area contributed by atoms with Crippen LogP contribution in [0.15, 0.2) is 26.5 Å². The Hall–Kier alpha value is -1.54. The van der Waals surface area contributed by atoms with Crippen LogP contribution in [0.4, 0.5) is 11.8 Å². The molecule has 2 rings (SSSR count). The third-order valence-corrected chi connectivity index (χ3v) is 4.35. The first-order valence-corrected chi connectivity index (χ1v) is 7.83. The van der Waals surface area contributed by atoms with E-state index in [-0.39, 0.29) is 11.9 Å². The summed E-state index contributed by atoms with van der Waals surface area (Å²) < 4.78 is 6.03. The average Bonchev–Trinajstić information content (AvgIpc) is 2.41. The maximum atomic E-state index is 5.88. The topological polar surface area (TPSA) is 99.9 Å². The Bertz CT molecular complexity index is 665. The van der Waals surface area contributed by atoms with Gasteiger partial charge in [0.1, 0.15) is 5.82 Å². The van der Waals surface area contributed by atoms with Crippen LogP contribution in [0.1, 0.15) is 25.5 Å². The van der Waals surface area contributed by atoms with Crippen LogP contribution in [0.2, 0.25) is 0 Å². The molecular formula is C13H16BrN5OS. The Morgan fingerprint density at radius 2 is 1.95 bits per heavy atom. The zero-order valence-electron chi connectivity index (χ0n) is 11.9. The van der Waals surface area contributed by atoms with Gasteiger partial charge in [-0.05, 0) is 27.9 Å². The van der Waals surface area contributed by atoms with Gasteiger partial charge < -0.3 is 16.2 Å². The van der Waals surface area contributed by atoms with Gasteiger partial charge in [-0.2, -0.15) is 4.98 Å². The SMILES string of the molecule is COc1nc(C(C)C)c(Sc2cnc(N)nc2N)cc1Br. The molecule has 6 nitrogen and oxygen atoms in total. The summed E-state index contributed by atoms with van der Waals surface area (Å²) in [6, 6.07) is 1.96. The van der Waals surface area contributed by atoms with E-state index in [4.69, 9.17) is 16.2 Å². The van der Waals surface area contributed by atoms with Crippen LogP contribution < -0.4 is 16.2 Å². The number of nitrogens with zero attached hydrogens (tertiary/aromatic N) is 3. The van der Waals surface area contributed by atoms with E-state index >= 15 is 0 Å². The smallest absolute Gasteiger partial charge is 0.228 e. The van der Waals surface area contributed by atoms with E-state index in [1.807, 2.05) is 6.07 Å². The summed E-state index contributed by atoms with van der Waals surface area (Å²) in [5.41, 5.74) is 12.3. The van der Waals surface area contributed by atoms with Crippen molar-refractivity contribution >= 4 is 39.5 Å². The summed E-state index contributed by atoms with van der Waals surface area (Å²) in [5, 5.41) is 0. The Balaban J connectivity index is 2.45. The lowest BCUT2D eigenvalue weighted by atomic mass is 10.1. The van der Waals surface area contributed by atoms with Gasteiger partial charge in [0, 0.05) is 11.1 Å². The van der Waals surface area contributed by atoms with Gasteiger partial charge >= 0.3 is 0 Å². The number of hydrogen-bond acceptors (Lipinski definition) is 7. The molecule has 8 heteroatoms. The standard InChI is InChI=1S/C13H16BrN5OS/c1-6(2)10-8(4-7(14)12(18-10)20-3)21-9-5-17-13(16)19-11(9)15/h4-6H,1-3H3,(H4,15,16,17,19). The molecule has 2 aromatic rings. The molecule has 0 saturated carbocycles. The molecule has 0 aliphatic rings. The van der Waals surface area contributed by atoms with Crippen molar-refractivity contribution in [3.8, 4) is 5.88 Å². The second-order valence-electron chi connectivity index (χ2n) is 4.60. The van der Waals surface area contributed by atoms with Crippen LogP contribution in [0.25, 0.3) is 0 Å². The van der Waals surface area contributed by atoms with E-state index in [9.17, 15) is 0 Å². The minimum absolute atomic E-state index is 0.162. The van der Waals surface area contributed by atoms with Gasteiger partial charge in [0.15, 0.2) is 0 Å². The zero-order valence-corrected chi connectivity index (χ0v) is 14.3. The van der Waals surface area contributed by atoms with Gasteiger partial charge in [0.05, 0.1) is 22.2 Å². The van der Waals surface area contributed by atoms with Crippen LogP contribution in [-0.2, 0) is 0 Å². The minimum atomic E-state index is 0.162. The molecule has 0 saturated heterocycles. The van der Waals surface area contributed by atoms with Crippen LogP contribution in [-0.4, -0.2) is 22.1 Å². The fourth-order valence-electron chi connectivity index (χ4n) is 1.70. The van der Waals surface area contributed by atoms with E-state index < -0.39 is 0 Å². The van der Waals surface area contributed by atoms with Crippen LogP contribution in [0, 0.1) is 0 Å². The lowest BCUT2D eigenvalue weighted by Gasteiger charge is -2.14. The van der Waals surface area contributed by atoms with Crippen molar-refractivity contribution in [2.75, 3.05) is 18.6 Å². The van der Waals surface area contributed by atoms with E-state index in [0.717, 1.165) is 20.0 Å². The van der Waals surface area contributed by atoms with Gasteiger partial charge in [0.25, 0.3) is 0 Å². The van der Waals surface area contributed by atoms with Crippen molar-refractivity contribution in [1.29, 1.82) is 0 Å². The Morgan fingerprint density at radius 1 is 1.24 bits per heavy atom. The zero-order chi connectivity index (χ0) is 15.6. The van der Waals surface area contributed by atoms with Crippen molar-refractivity contribution in [2.24, 2.45) is 0 Å². The summed E-state index contributed by atoms with van der Waals surface area (Å²) in [6.07, 6.45) is 1.62. The van der Waals surface area contributed by atoms with Crippen LogP contribution >= 0.6 is 27.7 Å². The molecular weight excluding hydrogens is 354 g/mol. The monoisotopic (exact) mass is 369 g/mol. The van der Waals surface area contributed by atoms with Gasteiger partial charge in [-0.25, -0.2) is 9.97 Å². The second-order valence-corrected chi connectivity index (χ2v) is 6.54. The highest BCUT2D eigenvalue weighted by Gasteiger charge is 2.16. The van der Waals surface area contributed by atoms with Crippen molar-refractivity contribution in [2.45, 2.75) is 29.6 Å². The molecule has 21 heavy (non-hydrogen) atoms.